The molecule has 0 unspecified atom stereocenters. The molecule has 3 aromatic carbocycles. The number of nitrogens with one attached hydrogen (secondary N) is 3. The second-order valence-corrected chi connectivity index (χ2v) is 8.94. The summed E-state index contributed by atoms with van der Waals surface area (Å²) >= 11 is 0. The lowest BCUT2D eigenvalue weighted by Gasteiger charge is -2.35. The molecule has 0 spiro atoms. The van der Waals surface area contributed by atoms with Gasteiger partial charge in [-0.25, -0.2) is 5.43 Å². The lowest BCUT2D eigenvalue weighted by molar-refractivity contribution is -1.02. The topological polar surface area (TPSA) is 70.6 Å². The fourth-order valence-electron chi connectivity index (χ4n) is 4.68. The summed E-state index contributed by atoms with van der Waals surface area (Å²) < 4.78 is 0. The number of hydrazone groups is 1. The Balaban J connectivity index is 1.28. The van der Waals surface area contributed by atoms with Crippen molar-refractivity contribution < 1.29 is 19.7 Å². The maximum Gasteiger partial charge on any atom is 0.245 e. The van der Waals surface area contributed by atoms with Crippen LogP contribution < -0.4 is 15.2 Å². The van der Waals surface area contributed by atoms with E-state index in [-0.39, 0.29) is 11.7 Å². The zero-order valence-electron chi connectivity index (χ0n) is 19.7. The highest BCUT2D eigenvalue weighted by Gasteiger charge is 2.31. The van der Waals surface area contributed by atoms with Crippen LogP contribution in [0.25, 0.3) is 0 Å². The number of phenolic OH excluding ortho intramolecular Hbond substituents is 1. The van der Waals surface area contributed by atoms with Crippen LogP contribution in [0.15, 0.2) is 90.0 Å². The van der Waals surface area contributed by atoms with E-state index in [1.165, 1.54) is 16.0 Å². The van der Waals surface area contributed by atoms with Crippen molar-refractivity contribution in [3.63, 3.8) is 0 Å². The molecule has 1 aliphatic heterocycles. The van der Waals surface area contributed by atoms with Crippen LogP contribution in [0.4, 0.5) is 0 Å². The van der Waals surface area contributed by atoms with Crippen LogP contribution in [0.2, 0.25) is 0 Å². The number of benzene rings is 3. The Hall–Kier alpha value is -3.48. The smallest absolute Gasteiger partial charge is 0.245 e. The molecule has 1 amide bonds. The largest absolute Gasteiger partial charge is 0.508 e. The molecule has 34 heavy (non-hydrogen) atoms. The minimum Gasteiger partial charge on any atom is -0.508 e. The molecule has 0 aliphatic carbocycles. The number of carbonyl (C=O) groups is 1. The van der Waals surface area contributed by atoms with Crippen LogP contribution in [0.5, 0.6) is 5.75 Å². The maximum atomic E-state index is 12.3. The van der Waals surface area contributed by atoms with E-state index in [0.29, 0.717) is 18.2 Å². The fourth-order valence-corrected chi connectivity index (χ4v) is 4.68. The van der Waals surface area contributed by atoms with Crippen LogP contribution in [0.1, 0.15) is 36.1 Å². The van der Waals surface area contributed by atoms with E-state index in [0.717, 1.165) is 38.3 Å². The first-order valence-corrected chi connectivity index (χ1v) is 12.0. The van der Waals surface area contributed by atoms with E-state index >= 15 is 0 Å². The van der Waals surface area contributed by atoms with Crippen molar-refractivity contribution >= 4 is 11.6 Å². The summed E-state index contributed by atoms with van der Waals surface area (Å²) in [6, 6.07) is 28.7. The normalized spacial score (nSPS) is 18.6. The third-order valence-corrected chi connectivity index (χ3v) is 6.61. The Morgan fingerprint density at radius 2 is 1.44 bits per heavy atom. The van der Waals surface area contributed by atoms with Gasteiger partial charge in [0.25, 0.3) is 0 Å². The van der Waals surface area contributed by atoms with Crippen molar-refractivity contribution in [3.05, 3.63) is 102 Å². The summed E-state index contributed by atoms with van der Waals surface area (Å²) in [5, 5.41) is 13.6. The summed E-state index contributed by atoms with van der Waals surface area (Å²) in [5.41, 5.74) is 6.97. The molecular weight excluding hydrogens is 424 g/mol. The molecular formula is C28H34N4O2+2. The molecule has 0 saturated carbocycles. The lowest BCUT2D eigenvalue weighted by atomic mass is 9.96. The molecule has 1 saturated heterocycles. The predicted molar refractivity (Wildman–Crippen MR) is 134 cm³/mol. The van der Waals surface area contributed by atoms with Crippen LogP contribution >= 0.6 is 0 Å². The van der Waals surface area contributed by atoms with Crippen LogP contribution in [-0.4, -0.2) is 49.4 Å². The first-order valence-electron chi connectivity index (χ1n) is 12.0. The molecule has 3 aromatic rings. The van der Waals surface area contributed by atoms with E-state index in [2.05, 4.69) is 71.2 Å². The van der Waals surface area contributed by atoms with Gasteiger partial charge in [-0.2, -0.15) is 5.10 Å². The molecule has 6 nitrogen and oxygen atoms in total. The molecule has 4 rings (SSSR count). The molecule has 0 radical (unpaired) electrons. The summed E-state index contributed by atoms with van der Waals surface area (Å²) in [6.45, 7) is 6.90. The van der Waals surface area contributed by atoms with Gasteiger partial charge in [-0.05, 0) is 36.8 Å². The number of hydrogen-bond acceptors (Lipinski definition) is 3. The second kappa shape index (κ2) is 11.6. The van der Waals surface area contributed by atoms with Gasteiger partial charge < -0.3 is 14.9 Å². The highest BCUT2D eigenvalue weighted by atomic mass is 16.3. The number of phenols is 1. The standard InChI is InChI=1S/C28H32N4O2/c1-22(23-12-14-26(33)15-13-23)29-30-27(34)16-17-31-18-20-32(21-19-31)28(24-8-4-2-5-9-24)25-10-6-3-7-11-25/h2-15,28,33H,16-21H2,1H3,(H,30,34)/p+2/b29-22+. The van der Waals surface area contributed by atoms with Gasteiger partial charge in [-0.15, -0.1) is 0 Å². The van der Waals surface area contributed by atoms with Crippen molar-refractivity contribution in [2.24, 2.45) is 5.10 Å². The van der Waals surface area contributed by atoms with Crippen LogP contribution in [-0.2, 0) is 4.79 Å². The Labute approximate surface area is 201 Å². The van der Waals surface area contributed by atoms with Crippen molar-refractivity contribution in [2.75, 3.05) is 32.7 Å². The quantitative estimate of drug-likeness (QED) is 0.303. The molecule has 1 heterocycles. The van der Waals surface area contributed by atoms with E-state index in [9.17, 15) is 9.90 Å². The average molecular weight is 459 g/mol. The van der Waals surface area contributed by atoms with Crippen molar-refractivity contribution in [1.82, 2.24) is 5.43 Å². The molecule has 4 N–H and O–H groups in total. The summed E-state index contributed by atoms with van der Waals surface area (Å²) in [7, 11) is 0. The first kappa shape index (κ1) is 23.7. The van der Waals surface area contributed by atoms with Crippen LogP contribution in [0, 0.1) is 0 Å². The molecule has 0 aromatic heterocycles. The van der Waals surface area contributed by atoms with Gasteiger partial charge in [0.2, 0.25) is 5.91 Å². The van der Waals surface area contributed by atoms with Gasteiger partial charge in [0, 0.05) is 11.1 Å². The molecule has 176 valence electrons. The molecule has 1 aliphatic rings. The van der Waals surface area contributed by atoms with E-state index < -0.39 is 0 Å². The van der Waals surface area contributed by atoms with Crippen molar-refractivity contribution in [3.8, 4) is 5.75 Å². The Kier molecular flexibility index (Phi) is 8.07. The monoisotopic (exact) mass is 458 g/mol. The minimum absolute atomic E-state index is 0.0631. The van der Waals surface area contributed by atoms with Gasteiger partial charge in [0.1, 0.15) is 38.0 Å². The maximum absolute atomic E-state index is 12.3. The first-order chi connectivity index (χ1) is 16.6. The summed E-state index contributed by atoms with van der Waals surface area (Å²) in [5.74, 6) is 0.149. The van der Waals surface area contributed by atoms with Gasteiger partial charge in [0.05, 0.1) is 18.7 Å². The highest BCUT2D eigenvalue weighted by molar-refractivity contribution is 5.99. The minimum atomic E-state index is -0.0631. The van der Waals surface area contributed by atoms with Gasteiger partial charge >= 0.3 is 0 Å². The zero-order chi connectivity index (χ0) is 23.8. The predicted octanol–water partition coefficient (Wildman–Crippen LogP) is 1.20. The third-order valence-electron chi connectivity index (χ3n) is 6.61. The Morgan fingerprint density at radius 1 is 0.882 bits per heavy atom. The molecule has 0 bridgehead atoms. The number of rotatable bonds is 8. The molecule has 0 atom stereocenters. The van der Waals surface area contributed by atoms with Crippen molar-refractivity contribution in [2.45, 2.75) is 19.4 Å². The zero-order valence-corrected chi connectivity index (χ0v) is 19.7. The number of aromatic hydroxyl groups is 1. The van der Waals surface area contributed by atoms with E-state index in [1.54, 1.807) is 29.2 Å². The SMILES string of the molecule is C/C(=N\NC(=O)CC[NH+]1CC[NH+](C(c2ccccc2)c2ccccc2)CC1)c1ccc(O)cc1. The van der Waals surface area contributed by atoms with Gasteiger partial charge in [-0.3, -0.25) is 4.79 Å². The Bertz CT molecular complexity index is 1040. The number of hydrogen-bond donors (Lipinski definition) is 4. The summed E-state index contributed by atoms with van der Waals surface area (Å²) in [4.78, 5) is 15.4. The molecule has 1 fully saturated rings. The van der Waals surface area contributed by atoms with E-state index in [4.69, 9.17) is 0 Å². The number of nitrogens with zero attached hydrogens (tertiary/aromatic N) is 1. The number of amides is 1. The second-order valence-electron chi connectivity index (χ2n) is 8.94. The van der Waals surface area contributed by atoms with Gasteiger partial charge in [-0.1, -0.05) is 60.7 Å². The van der Waals surface area contributed by atoms with Gasteiger partial charge in [0.15, 0.2) is 0 Å². The summed E-state index contributed by atoms with van der Waals surface area (Å²) in [6.07, 6.45) is 0.456. The highest BCUT2D eigenvalue weighted by Crippen LogP contribution is 2.18. The third kappa shape index (κ3) is 6.31. The Morgan fingerprint density at radius 3 is 2.00 bits per heavy atom. The number of quaternary nitrogens is 2. The number of piperazine rings is 1. The van der Waals surface area contributed by atoms with Crippen LogP contribution in [0.3, 0.4) is 0 Å². The van der Waals surface area contributed by atoms with E-state index in [1.807, 2.05) is 6.92 Å². The lowest BCUT2D eigenvalue weighted by Crippen LogP contribution is -3.28. The fraction of sp³-hybridized carbons (Fsp3) is 0.286. The average Bonchev–Trinajstić information content (AvgIpc) is 2.88. The number of carbonyl (C=O) groups excluding carboxylic acids is 1. The van der Waals surface area contributed by atoms with Crippen molar-refractivity contribution in [1.29, 1.82) is 0 Å². The molecule has 6 heteroatoms.